The fourth-order valence-electron chi connectivity index (χ4n) is 1.85. The number of hydrazone groups is 1. The van der Waals surface area contributed by atoms with Gasteiger partial charge >= 0.3 is 0 Å². The van der Waals surface area contributed by atoms with Gasteiger partial charge in [-0.3, -0.25) is 9.59 Å². The molecule has 2 amide bonds. The third-order valence-electron chi connectivity index (χ3n) is 3.30. The molecule has 0 spiro atoms. The molecule has 7 heteroatoms. The summed E-state index contributed by atoms with van der Waals surface area (Å²) in [7, 11) is 0. The zero-order chi connectivity index (χ0) is 18.4. The molecule has 0 heterocycles. The molecule has 2 rings (SSSR count). The van der Waals surface area contributed by atoms with E-state index in [0.717, 1.165) is 4.47 Å². The van der Waals surface area contributed by atoms with Gasteiger partial charge < -0.3 is 10.4 Å². The second-order valence-corrected chi connectivity index (χ2v) is 6.54. The second kappa shape index (κ2) is 8.43. The topological polar surface area (TPSA) is 90.8 Å². The van der Waals surface area contributed by atoms with Gasteiger partial charge in [0.15, 0.2) is 0 Å². The van der Waals surface area contributed by atoms with Crippen molar-refractivity contribution in [1.29, 1.82) is 0 Å². The number of carbonyl (C=O) groups is 2. The first-order valence-electron chi connectivity index (χ1n) is 7.59. The minimum atomic E-state index is -0.396. The van der Waals surface area contributed by atoms with Crippen molar-refractivity contribution in [2.24, 2.45) is 11.0 Å². The van der Waals surface area contributed by atoms with Crippen molar-refractivity contribution >= 4 is 39.6 Å². The highest BCUT2D eigenvalue weighted by Crippen LogP contribution is 2.20. The molecular formula is C18H18BrN3O3. The number of phenolic OH excluding ortho intramolecular Hbond substituents is 1. The molecule has 0 saturated heterocycles. The van der Waals surface area contributed by atoms with Crippen LogP contribution in [0.1, 0.15) is 29.8 Å². The molecule has 2 aromatic carbocycles. The Kier molecular flexibility index (Phi) is 6.30. The molecule has 0 aromatic heterocycles. The summed E-state index contributed by atoms with van der Waals surface area (Å²) in [6, 6.07) is 11.4. The number of hydrogen-bond donors (Lipinski definition) is 3. The molecule has 0 saturated carbocycles. The molecular weight excluding hydrogens is 386 g/mol. The molecule has 0 fully saturated rings. The van der Waals surface area contributed by atoms with Gasteiger partial charge in [0.25, 0.3) is 5.91 Å². The van der Waals surface area contributed by atoms with Crippen molar-refractivity contribution in [1.82, 2.24) is 5.43 Å². The number of phenols is 1. The van der Waals surface area contributed by atoms with Gasteiger partial charge in [-0.15, -0.1) is 0 Å². The van der Waals surface area contributed by atoms with Crippen LogP contribution in [-0.2, 0) is 4.79 Å². The molecule has 25 heavy (non-hydrogen) atoms. The third-order valence-corrected chi connectivity index (χ3v) is 3.79. The number of nitrogens with zero attached hydrogens (tertiary/aromatic N) is 1. The van der Waals surface area contributed by atoms with Crippen molar-refractivity contribution in [3.8, 4) is 5.75 Å². The maximum Gasteiger partial charge on any atom is 0.271 e. The van der Waals surface area contributed by atoms with Crippen LogP contribution < -0.4 is 10.7 Å². The molecule has 0 aliphatic heterocycles. The van der Waals surface area contributed by atoms with Crippen LogP contribution in [-0.4, -0.2) is 23.1 Å². The molecule has 0 atom stereocenters. The highest BCUT2D eigenvalue weighted by atomic mass is 79.9. The zero-order valence-corrected chi connectivity index (χ0v) is 15.4. The van der Waals surface area contributed by atoms with Crippen molar-refractivity contribution in [2.75, 3.05) is 5.32 Å². The van der Waals surface area contributed by atoms with Gasteiger partial charge in [-0.25, -0.2) is 5.43 Å². The van der Waals surface area contributed by atoms with Gasteiger partial charge in [0.05, 0.1) is 6.21 Å². The van der Waals surface area contributed by atoms with Crippen LogP contribution in [0.2, 0.25) is 0 Å². The lowest BCUT2D eigenvalue weighted by Gasteiger charge is -2.08. The summed E-state index contributed by atoms with van der Waals surface area (Å²) in [5, 5.41) is 16.3. The fourth-order valence-corrected chi connectivity index (χ4v) is 2.22. The molecule has 0 aliphatic rings. The SMILES string of the molecule is CC(C)C(=O)Nc1ccc(C(=O)N/N=C\c2cc(Br)ccc2O)cc1. The standard InChI is InChI=1S/C18H18BrN3O3/c1-11(2)17(24)21-15-6-3-12(4-7-15)18(25)22-20-10-13-9-14(19)5-8-16(13)23/h3-11,23H,1-2H3,(H,21,24)(H,22,25)/b20-10-. The first-order valence-corrected chi connectivity index (χ1v) is 8.39. The van der Waals surface area contributed by atoms with Gasteiger partial charge in [0.1, 0.15) is 5.75 Å². The van der Waals surface area contributed by atoms with Gasteiger partial charge in [0, 0.05) is 27.2 Å². The average Bonchev–Trinajstić information content (AvgIpc) is 2.58. The maximum absolute atomic E-state index is 12.0. The monoisotopic (exact) mass is 403 g/mol. The van der Waals surface area contributed by atoms with E-state index in [2.05, 4.69) is 31.8 Å². The Morgan fingerprint density at radius 2 is 1.84 bits per heavy atom. The summed E-state index contributed by atoms with van der Waals surface area (Å²) in [5.41, 5.74) is 3.89. The zero-order valence-electron chi connectivity index (χ0n) is 13.8. The highest BCUT2D eigenvalue weighted by molar-refractivity contribution is 9.10. The predicted octanol–water partition coefficient (Wildman–Crippen LogP) is 3.51. The summed E-state index contributed by atoms with van der Waals surface area (Å²) < 4.78 is 0.789. The smallest absolute Gasteiger partial charge is 0.271 e. The van der Waals surface area contributed by atoms with Gasteiger partial charge in [0.2, 0.25) is 5.91 Å². The van der Waals surface area contributed by atoms with Crippen molar-refractivity contribution < 1.29 is 14.7 Å². The number of halogens is 1. The normalized spacial score (nSPS) is 10.9. The summed E-state index contributed by atoms with van der Waals surface area (Å²) in [6.45, 7) is 3.61. The summed E-state index contributed by atoms with van der Waals surface area (Å²) in [4.78, 5) is 23.7. The van der Waals surface area contributed by atoms with E-state index in [1.165, 1.54) is 12.3 Å². The lowest BCUT2D eigenvalue weighted by atomic mass is 10.1. The Bertz CT molecular complexity index is 802. The largest absolute Gasteiger partial charge is 0.507 e. The number of carbonyl (C=O) groups excluding carboxylic acids is 2. The van der Waals surface area contributed by atoms with Gasteiger partial charge in [-0.1, -0.05) is 29.8 Å². The molecule has 0 radical (unpaired) electrons. The van der Waals surface area contributed by atoms with Crippen LogP contribution in [0.25, 0.3) is 0 Å². The molecule has 3 N–H and O–H groups in total. The first kappa shape index (κ1) is 18.7. The minimum Gasteiger partial charge on any atom is -0.507 e. The van der Waals surface area contributed by atoms with Crippen molar-refractivity contribution in [3.05, 3.63) is 58.1 Å². The second-order valence-electron chi connectivity index (χ2n) is 5.62. The van der Waals surface area contributed by atoms with E-state index in [9.17, 15) is 14.7 Å². The average molecular weight is 404 g/mol. The molecule has 0 bridgehead atoms. The lowest BCUT2D eigenvalue weighted by Crippen LogP contribution is -2.19. The molecule has 6 nitrogen and oxygen atoms in total. The highest BCUT2D eigenvalue weighted by Gasteiger charge is 2.08. The fraction of sp³-hybridized carbons (Fsp3) is 0.167. The van der Waals surface area contributed by atoms with Crippen LogP contribution in [0, 0.1) is 5.92 Å². The predicted molar refractivity (Wildman–Crippen MR) is 101 cm³/mol. The van der Waals surface area contributed by atoms with Crippen molar-refractivity contribution in [2.45, 2.75) is 13.8 Å². The van der Waals surface area contributed by atoms with E-state index < -0.39 is 5.91 Å². The number of hydrogen-bond acceptors (Lipinski definition) is 4. The number of nitrogens with one attached hydrogen (secondary N) is 2. The quantitative estimate of drug-likeness (QED) is 0.526. The number of aromatic hydroxyl groups is 1. The van der Waals surface area contributed by atoms with Gasteiger partial charge in [-0.05, 0) is 42.5 Å². The number of benzene rings is 2. The van der Waals surface area contributed by atoms with Crippen LogP contribution in [0.5, 0.6) is 5.75 Å². The van der Waals surface area contributed by atoms with Crippen molar-refractivity contribution in [3.63, 3.8) is 0 Å². The summed E-state index contributed by atoms with van der Waals surface area (Å²) in [6.07, 6.45) is 1.36. The van der Waals surface area contributed by atoms with Crippen LogP contribution in [0.3, 0.4) is 0 Å². The van der Waals surface area contributed by atoms with Crippen LogP contribution in [0.4, 0.5) is 5.69 Å². The lowest BCUT2D eigenvalue weighted by molar-refractivity contribution is -0.118. The van der Waals surface area contributed by atoms with Crippen LogP contribution >= 0.6 is 15.9 Å². The molecule has 130 valence electrons. The number of rotatable bonds is 5. The van der Waals surface area contributed by atoms with Crippen LogP contribution in [0.15, 0.2) is 52.0 Å². The van der Waals surface area contributed by atoms with E-state index in [1.807, 2.05) is 0 Å². The number of anilines is 1. The van der Waals surface area contributed by atoms with E-state index in [0.29, 0.717) is 16.8 Å². The van der Waals surface area contributed by atoms with E-state index in [-0.39, 0.29) is 17.6 Å². The van der Waals surface area contributed by atoms with Gasteiger partial charge in [-0.2, -0.15) is 5.10 Å². The third kappa shape index (κ3) is 5.42. The maximum atomic E-state index is 12.0. The van der Waals surface area contributed by atoms with E-state index in [4.69, 9.17) is 0 Å². The van der Waals surface area contributed by atoms with E-state index >= 15 is 0 Å². The number of amides is 2. The Hall–Kier alpha value is -2.67. The Morgan fingerprint density at radius 3 is 2.48 bits per heavy atom. The summed E-state index contributed by atoms with van der Waals surface area (Å²) in [5.74, 6) is -0.540. The van der Waals surface area contributed by atoms with E-state index in [1.54, 1.807) is 50.2 Å². The molecule has 2 aromatic rings. The first-order chi connectivity index (χ1) is 11.9. The molecule has 0 unspecified atom stereocenters. The Morgan fingerprint density at radius 1 is 1.16 bits per heavy atom. The summed E-state index contributed by atoms with van der Waals surface area (Å²) >= 11 is 3.30. The Balaban J connectivity index is 1.98. The molecule has 0 aliphatic carbocycles. The Labute approximate surface area is 154 Å². The minimum absolute atomic E-state index is 0.0615.